The molecule has 0 spiro atoms. The van der Waals surface area contributed by atoms with Crippen molar-refractivity contribution in [3.63, 3.8) is 0 Å². The molecule has 0 bridgehead atoms. The highest BCUT2D eigenvalue weighted by Gasteiger charge is 2.27. The molecule has 3 nitrogen and oxygen atoms in total. The minimum Gasteiger partial charge on any atom is -0.497 e. The second-order valence-electron chi connectivity index (χ2n) is 6.13. The number of nitrogens with zero attached hydrogens (tertiary/aromatic N) is 2. The Morgan fingerprint density at radius 3 is 1.71 bits per heavy atom. The molecule has 0 N–H and O–H groups in total. The van der Waals surface area contributed by atoms with Gasteiger partial charge in [-0.15, -0.1) is 0 Å². The Bertz CT molecular complexity index is 1050. The van der Waals surface area contributed by atoms with E-state index in [9.17, 15) is 0 Å². The molecule has 0 atom stereocenters. The third-order valence-electron chi connectivity index (χ3n) is 3.84. The lowest BCUT2D eigenvalue weighted by atomic mass is 10.1. The summed E-state index contributed by atoms with van der Waals surface area (Å²) in [5.74, 6) is 7.11. The van der Waals surface area contributed by atoms with E-state index in [1.807, 2.05) is 24.3 Å². The molecule has 9 heteroatoms. The summed E-state index contributed by atoms with van der Waals surface area (Å²) in [7, 11) is 1.61. The molecular weight excluding hydrogens is 521 g/mol. The van der Waals surface area contributed by atoms with Gasteiger partial charge in [0.05, 0.1) is 18.5 Å². The number of ether oxygens (including phenoxy) is 1. The number of benzene rings is 2. The van der Waals surface area contributed by atoms with Crippen LogP contribution in [0.2, 0.25) is 0 Å². The van der Waals surface area contributed by atoms with Crippen molar-refractivity contribution in [2.45, 2.75) is 14.5 Å². The first-order valence-corrected chi connectivity index (χ1v) is 10.9. The van der Waals surface area contributed by atoms with Gasteiger partial charge in [-0.1, -0.05) is 88.0 Å². The van der Waals surface area contributed by atoms with E-state index in [0.717, 1.165) is 16.9 Å². The van der Waals surface area contributed by atoms with Gasteiger partial charge in [-0.25, -0.2) is 9.98 Å². The highest BCUT2D eigenvalue weighted by atomic mass is 35.6. The summed E-state index contributed by atoms with van der Waals surface area (Å²) in [5.41, 5.74) is 2.39. The Balaban J connectivity index is 2.36. The van der Waals surface area contributed by atoms with Crippen LogP contribution in [0.5, 0.6) is 5.75 Å². The van der Waals surface area contributed by atoms with E-state index in [1.54, 1.807) is 38.3 Å². The molecule has 0 fully saturated rings. The molecule has 0 aromatic heterocycles. The maximum Gasteiger partial charge on any atom is 0.232 e. The van der Waals surface area contributed by atoms with Crippen molar-refractivity contribution in [2.75, 3.05) is 7.11 Å². The number of methoxy groups -OCH3 is 1. The van der Waals surface area contributed by atoms with Crippen LogP contribution in [0.1, 0.15) is 23.6 Å². The molecule has 162 valence electrons. The first-order valence-electron chi connectivity index (χ1n) is 8.64. The number of allylic oxidation sites excluding steroid dienone is 1. The Morgan fingerprint density at radius 1 is 0.806 bits per heavy atom. The summed E-state index contributed by atoms with van der Waals surface area (Å²) in [6.45, 7) is 5.22. The SMILES string of the molecule is C=C(N=C(N=C(C)C(Cl)(Cl)Cl)c1ccc(C#Cc2ccc(OC)cc2)cc1)C(Cl)(Cl)Cl. The number of hydrogen-bond acceptors (Lipinski definition) is 2. The summed E-state index contributed by atoms with van der Waals surface area (Å²) >= 11 is 35.3. The van der Waals surface area contributed by atoms with Crippen molar-refractivity contribution < 1.29 is 4.74 Å². The first-order chi connectivity index (χ1) is 14.4. The lowest BCUT2D eigenvalue weighted by Gasteiger charge is -2.14. The zero-order chi connectivity index (χ0) is 23.2. The van der Waals surface area contributed by atoms with Gasteiger partial charge in [0.15, 0.2) is 5.84 Å². The van der Waals surface area contributed by atoms with Gasteiger partial charge in [0.1, 0.15) is 5.75 Å². The van der Waals surface area contributed by atoms with Crippen LogP contribution in [-0.2, 0) is 0 Å². The molecule has 0 radical (unpaired) electrons. The predicted molar refractivity (Wildman–Crippen MR) is 135 cm³/mol. The van der Waals surface area contributed by atoms with Crippen molar-refractivity contribution in [3.05, 3.63) is 77.5 Å². The van der Waals surface area contributed by atoms with E-state index in [1.165, 1.54) is 0 Å². The van der Waals surface area contributed by atoms with Crippen LogP contribution in [0, 0.1) is 11.8 Å². The fourth-order valence-corrected chi connectivity index (χ4v) is 2.34. The van der Waals surface area contributed by atoms with Crippen LogP contribution >= 0.6 is 69.6 Å². The van der Waals surface area contributed by atoms with Crippen LogP contribution in [-0.4, -0.2) is 26.2 Å². The molecule has 0 unspecified atom stereocenters. The molecule has 31 heavy (non-hydrogen) atoms. The second kappa shape index (κ2) is 11.0. The lowest BCUT2D eigenvalue weighted by Crippen LogP contribution is -2.18. The summed E-state index contributed by atoms with van der Waals surface area (Å²) in [4.78, 5) is 8.52. The molecule has 2 aromatic carbocycles. The average molecular weight is 537 g/mol. The zero-order valence-corrected chi connectivity index (χ0v) is 20.9. The molecule has 0 amide bonds. The standard InChI is InChI=1S/C22H16Cl6N2O/c1-14(21(23,24)25)29-20(30-15(2)22(26,27)28)18-10-6-16(7-11-18)4-5-17-8-12-19(31-3)13-9-17/h6-13H,1H2,2-3H3. The van der Waals surface area contributed by atoms with Crippen LogP contribution in [0.25, 0.3) is 0 Å². The first kappa shape index (κ1) is 25.9. The number of alkyl halides is 6. The van der Waals surface area contributed by atoms with Gasteiger partial charge in [0.2, 0.25) is 7.59 Å². The number of halogens is 6. The Kier molecular flexibility index (Phi) is 9.15. The minimum atomic E-state index is -1.81. The smallest absolute Gasteiger partial charge is 0.232 e. The fraction of sp³-hybridized carbons (Fsp3) is 0.182. The Labute approximate surface area is 211 Å². The largest absolute Gasteiger partial charge is 0.497 e. The van der Waals surface area contributed by atoms with Gasteiger partial charge < -0.3 is 4.74 Å². The fourth-order valence-electron chi connectivity index (χ4n) is 2.09. The van der Waals surface area contributed by atoms with Gasteiger partial charge in [-0.3, -0.25) is 0 Å². The number of hydrogen-bond donors (Lipinski definition) is 0. The average Bonchev–Trinajstić information content (AvgIpc) is 2.71. The van der Waals surface area contributed by atoms with Crippen molar-refractivity contribution in [1.29, 1.82) is 0 Å². The predicted octanol–water partition coefficient (Wildman–Crippen LogP) is 7.56. The molecule has 0 heterocycles. The third-order valence-corrected chi connectivity index (χ3v) is 5.31. The Hall–Kier alpha value is -1.38. The number of amidine groups is 1. The van der Waals surface area contributed by atoms with Crippen LogP contribution < -0.4 is 4.74 Å². The number of aliphatic imine (C=N–C) groups is 2. The maximum atomic E-state index is 5.90. The monoisotopic (exact) mass is 534 g/mol. The van der Waals surface area contributed by atoms with E-state index in [4.69, 9.17) is 74.3 Å². The van der Waals surface area contributed by atoms with E-state index >= 15 is 0 Å². The normalized spacial score (nSPS) is 12.8. The lowest BCUT2D eigenvalue weighted by molar-refractivity contribution is 0.415. The van der Waals surface area contributed by atoms with E-state index in [0.29, 0.717) is 5.56 Å². The molecule has 0 aliphatic heterocycles. The Morgan fingerprint density at radius 2 is 1.29 bits per heavy atom. The van der Waals surface area contributed by atoms with E-state index < -0.39 is 7.59 Å². The van der Waals surface area contributed by atoms with Gasteiger partial charge in [0, 0.05) is 16.7 Å². The van der Waals surface area contributed by atoms with Crippen molar-refractivity contribution in [3.8, 4) is 17.6 Å². The van der Waals surface area contributed by atoms with Gasteiger partial charge in [-0.05, 0) is 55.5 Å². The van der Waals surface area contributed by atoms with Crippen LogP contribution in [0.4, 0.5) is 0 Å². The molecular formula is C22H16Cl6N2O. The quantitative estimate of drug-likeness (QED) is 0.172. The van der Waals surface area contributed by atoms with Crippen molar-refractivity contribution in [2.24, 2.45) is 9.98 Å². The maximum absolute atomic E-state index is 5.90. The molecule has 2 aromatic rings. The van der Waals surface area contributed by atoms with Crippen molar-refractivity contribution in [1.82, 2.24) is 0 Å². The van der Waals surface area contributed by atoms with Crippen LogP contribution in [0.15, 0.2) is 70.8 Å². The molecule has 0 saturated heterocycles. The van der Waals surface area contributed by atoms with E-state index in [2.05, 4.69) is 28.4 Å². The highest BCUT2D eigenvalue weighted by Crippen LogP contribution is 2.35. The molecule has 2 rings (SSSR count). The summed E-state index contributed by atoms with van der Waals surface area (Å²) in [5, 5.41) is 0. The van der Waals surface area contributed by atoms with E-state index in [-0.39, 0.29) is 17.2 Å². The van der Waals surface area contributed by atoms with Crippen LogP contribution in [0.3, 0.4) is 0 Å². The number of rotatable bonds is 3. The summed E-state index contributed by atoms with van der Waals surface area (Å²) < 4.78 is 1.61. The second-order valence-corrected chi connectivity index (χ2v) is 10.7. The third kappa shape index (κ3) is 8.24. The van der Waals surface area contributed by atoms with Gasteiger partial charge >= 0.3 is 0 Å². The van der Waals surface area contributed by atoms with Gasteiger partial charge in [-0.2, -0.15) is 0 Å². The minimum absolute atomic E-state index is 0.0308. The van der Waals surface area contributed by atoms with Gasteiger partial charge in [0.25, 0.3) is 0 Å². The molecule has 0 aliphatic carbocycles. The molecule has 0 saturated carbocycles. The summed E-state index contributed by atoms with van der Waals surface area (Å²) in [6, 6.07) is 14.6. The molecule has 0 aliphatic rings. The topological polar surface area (TPSA) is 34.0 Å². The van der Waals surface area contributed by atoms with Crippen molar-refractivity contribution >= 4 is 81.2 Å². The summed E-state index contributed by atoms with van der Waals surface area (Å²) in [6.07, 6.45) is 0. The zero-order valence-electron chi connectivity index (χ0n) is 16.4. The highest BCUT2D eigenvalue weighted by molar-refractivity contribution is 6.76.